The molecule has 0 saturated heterocycles. The maximum Gasteiger partial charge on any atom is 0.191 e. The fourth-order valence-corrected chi connectivity index (χ4v) is 2.74. The first-order chi connectivity index (χ1) is 6.47. The normalized spacial score (nSPS) is 21.4. The van der Waals surface area contributed by atoms with Crippen LogP contribution in [-0.2, 0) is 0 Å². The fraction of sp³-hybridized carbons (Fsp3) is 1.00. The number of rotatable bonds is 2. The van der Waals surface area contributed by atoms with Crippen molar-refractivity contribution >= 4 is 34.8 Å². The predicted molar refractivity (Wildman–Crippen MR) is 59.9 cm³/mol. The molecule has 14 heavy (non-hydrogen) atoms. The van der Waals surface area contributed by atoms with Crippen LogP contribution in [0.15, 0.2) is 5.11 Å². The van der Waals surface area contributed by atoms with Crippen LogP contribution in [0.2, 0.25) is 0 Å². The minimum Gasteiger partial charge on any atom is -0.0871 e. The van der Waals surface area contributed by atoms with E-state index in [9.17, 15) is 0 Å². The van der Waals surface area contributed by atoms with Gasteiger partial charge < -0.3 is 0 Å². The Bertz CT molecular complexity index is 237. The summed E-state index contributed by atoms with van der Waals surface area (Å²) < 4.78 is -1.33. The van der Waals surface area contributed by atoms with E-state index in [0.717, 1.165) is 25.7 Å². The number of hydrogen-bond donors (Lipinski definition) is 0. The molecule has 0 aromatic carbocycles. The van der Waals surface area contributed by atoms with E-state index in [4.69, 9.17) is 40.3 Å². The molecule has 0 atom stereocenters. The minimum absolute atomic E-state index is 0.314. The van der Waals surface area contributed by atoms with Gasteiger partial charge in [0.25, 0.3) is 0 Å². The molecule has 0 aromatic heterocycles. The van der Waals surface area contributed by atoms with Crippen molar-refractivity contribution in [1.82, 2.24) is 0 Å². The van der Waals surface area contributed by atoms with E-state index >= 15 is 0 Å². The zero-order valence-electron chi connectivity index (χ0n) is 7.72. The van der Waals surface area contributed by atoms with Gasteiger partial charge in [-0.2, -0.15) is 0 Å². The second-order valence-electron chi connectivity index (χ2n) is 3.77. The lowest BCUT2D eigenvalue weighted by Gasteiger charge is -2.34. The van der Waals surface area contributed by atoms with Gasteiger partial charge in [0, 0.05) is 11.3 Å². The summed E-state index contributed by atoms with van der Waals surface area (Å²) in [4.78, 5) is 2.86. The SMILES string of the molecule is [N-]=[N+]=NC1(CC(Cl)(Cl)Cl)CCCCC1. The molecule has 80 valence electrons. The Labute approximate surface area is 98.3 Å². The molecule has 1 aliphatic carbocycles. The van der Waals surface area contributed by atoms with Crippen LogP contribution in [0.5, 0.6) is 0 Å². The van der Waals surface area contributed by atoms with Crippen molar-refractivity contribution in [3.63, 3.8) is 0 Å². The van der Waals surface area contributed by atoms with Crippen molar-refractivity contribution in [2.24, 2.45) is 5.11 Å². The third-order valence-electron chi connectivity index (χ3n) is 2.57. The van der Waals surface area contributed by atoms with E-state index in [-0.39, 0.29) is 0 Å². The largest absolute Gasteiger partial charge is 0.191 e. The molecule has 1 fully saturated rings. The van der Waals surface area contributed by atoms with Gasteiger partial charge in [-0.1, -0.05) is 59.2 Å². The van der Waals surface area contributed by atoms with E-state index in [1.165, 1.54) is 6.42 Å². The van der Waals surface area contributed by atoms with Crippen LogP contribution >= 0.6 is 34.8 Å². The van der Waals surface area contributed by atoms with Crippen molar-refractivity contribution in [3.8, 4) is 0 Å². The van der Waals surface area contributed by atoms with Crippen LogP contribution in [0, 0.1) is 0 Å². The molecule has 0 radical (unpaired) electrons. The van der Waals surface area contributed by atoms with Gasteiger partial charge >= 0.3 is 0 Å². The highest BCUT2D eigenvalue weighted by molar-refractivity contribution is 6.67. The van der Waals surface area contributed by atoms with Gasteiger partial charge in [-0.3, -0.25) is 0 Å². The van der Waals surface area contributed by atoms with Crippen LogP contribution in [0.3, 0.4) is 0 Å². The molecule has 0 spiro atoms. The summed E-state index contributed by atoms with van der Waals surface area (Å²) in [5.41, 5.74) is 8.04. The van der Waals surface area contributed by atoms with Gasteiger partial charge in [0.05, 0.1) is 5.54 Å². The zero-order valence-corrected chi connectivity index (χ0v) is 9.99. The van der Waals surface area contributed by atoms with E-state index < -0.39 is 9.33 Å². The molecule has 0 aliphatic heterocycles. The maximum absolute atomic E-state index is 8.51. The van der Waals surface area contributed by atoms with Crippen LogP contribution in [0.4, 0.5) is 0 Å². The summed E-state index contributed by atoms with van der Waals surface area (Å²) in [7, 11) is 0. The number of nitrogens with zero attached hydrogens (tertiary/aromatic N) is 3. The number of halogens is 3. The molecule has 0 N–H and O–H groups in total. The van der Waals surface area contributed by atoms with Crippen molar-refractivity contribution in [1.29, 1.82) is 0 Å². The highest BCUT2D eigenvalue weighted by atomic mass is 35.6. The lowest BCUT2D eigenvalue weighted by Crippen LogP contribution is -2.33. The van der Waals surface area contributed by atoms with Gasteiger partial charge in [0.1, 0.15) is 0 Å². The fourth-order valence-electron chi connectivity index (χ4n) is 1.99. The molecule has 0 aromatic rings. The quantitative estimate of drug-likeness (QED) is 0.296. The topological polar surface area (TPSA) is 48.8 Å². The van der Waals surface area contributed by atoms with Gasteiger partial charge in [-0.05, 0) is 18.4 Å². The Morgan fingerprint density at radius 1 is 1.21 bits per heavy atom. The van der Waals surface area contributed by atoms with Crippen LogP contribution in [-0.4, -0.2) is 9.33 Å². The Morgan fingerprint density at radius 2 is 1.79 bits per heavy atom. The van der Waals surface area contributed by atoms with Crippen LogP contribution in [0.1, 0.15) is 38.5 Å². The molecule has 1 rings (SSSR count). The smallest absolute Gasteiger partial charge is 0.0871 e. The van der Waals surface area contributed by atoms with Gasteiger partial charge in [-0.25, -0.2) is 0 Å². The Hall–Kier alpha value is 0.180. The van der Waals surface area contributed by atoms with Gasteiger partial charge in [-0.15, -0.1) is 0 Å². The highest BCUT2D eigenvalue weighted by Crippen LogP contribution is 2.43. The molecule has 1 saturated carbocycles. The molecule has 6 heteroatoms. The summed E-state index contributed by atoms with van der Waals surface area (Å²) in [5, 5.41) is 3.83. The molecular weight excluding hydrogens is 244 g/mol. The van der Waals surface area contributed by atoms with Crippen LogP contribution < -0.4 is 0 Å². The number of alkyl halides is 3. The first-order valence-corrected chi connectivity index (χ1v) is 5.74. The molecule has 0 amide bonds. The number of hydrogen-bond acceptors (Lipinski definition) is 1. The Kier molecular flexibility index (Phi) is 4.20. The summed E-state index contributed by atoms with van der Waals surface area (Å²) in [6.45, 7) is 0. The Morgan fingerprint density at radius 3 is 2.21 bits per heavy atom. The average molecular weight is 257 g/mol. The van der Waals surface area contributed by atoms with Gasteiger partial charge in [0.2, 0.25) is 0 Å². The van der Waals surface area contributed by atoms with E-state index in [2.05, 4.69) is 10.0 Å². The second kappa shape index (κ2) is 4.80. The third kappa shape index (κ3) is 3.74. The summed E-state index contributed by atoms with van der Waals surface area (Å²) in [6.07, 6.45) is 5.22. The van der Waals surface area contributed by atoms with E-state index in [1.807, 2.05) is 0 Å². The molecular formula is C8H12Cl3N3. The zero-order chi connectivity index (χ0) is 10.7. The molecule has 3 nitrogen and oxygen atoms in total. The minimum atomic E-state index is -1.33. The van der Waals surface area contributed by atoms with Crippen molar-refractivity contribution in [2.75, 3.05) is 0 Å². The lowest BCUT2D eigenvalue weighted by atomic mass is 9.80. The maximum atomic E-state index is 8.51. The first kappa shape index (κ1) is 12.3. The molecule has 0 bridgehead atoms. The molecule has 0 unspecified atom stereocenters. The Balaban J connectivity index is 2.75. The molecule has 1 aliphatic rings. The summed E-state index contributed by atoms with van der Waals surface area (Å²) >= 11 is 17.2. The molecule has 0 heterocycles. The third-order valence-corrected chi connectivity index (χ3v) is 2.97. The van der Waals surface area contributed by atoms with E-state index in [1.54, 1.807) is 0 Å². The van der Waals surface area contributed by atoms with Crippen molar-refractivity contribution in [3.05, 3.63) is 10.4 Å². The lowest BCUT2D eigenvalue weighted by molar-refractivity contribution is 0.280. The summed E-state index contributed by atoms with van der Waals surface area (Å²) in [5.74, 6) is 0. The number of azide groups is 1. The second-order valence-corrected chi connectivity index (χ2v) is 6.28. The standard InChI is InChI=1S/C8H12Cl3N3/c9-8(10,11)6-7(13-14-12)4-2-1-3-5-7/h1-6H2. The monoisotopic (exact) mass is 255 g/mol. The predicted octanol–water partition coefficient (Wildman–Crippen LogP) is 4.76. The van der Waals surface area contributed by atoms with Crippen molar-refractivity contribution < 1.29 is 0 Å². The summed E-state index contributed by atoms with van der Waals surface area (Å²) in [6, 6.07) is 0. The highest BCUT2D eigenvalue weighted by Gasteiger charge is 2.38. The average Bonchev–Trinajstić information content (AvgIpc) is 2.02. The first-order valence-electron chi connectivity index (χ1n) is 4.60. The van der Waals surface area contributed by atoms with Gasteiger partial charge in [0.15, 0.2) is 3.79 Å². The van der Waals surface area contributed by atoms with Crippen molar-refractivity contribution in [2.45, 2.75) is 47.9 Å². The van der Waals surface area contributed by atoms with Crippen LogP contribution in [0.25, 0.3) is 10.4 Å². The van der Waals surface area contributed by atoms with E-state index in [0.29, 0.717) is 6.42 Å².